The van der Waals surface area contributed by atoms with Crippen LogP contribution in [0.2, 0.25) is 0 Å². The number of fused-ring (bicyclic) bond motifs is 3. The van der Waals surface area contributed by atoms with Crippen LogP contribution in [0.3, 0.4) is 0 Å². The Morgan fingerprint density at radius 1 is 1.11 bits per heavy atom. The number of aryl methyl sites for hydroxylation is 1. The Labute approximate surface area is 337 Å². The zero-order valence-corrected chi connectivity index (χ0v) is 34.9. The first-order valence-electron chi connectivity index (χ1n) is 18.2. The van der Waals surface area contributed by atoms with Crippen LogP contribution in [0.25, 0.3) is 26.9 Å². The Morgan fingerprint density at radius 3 is 2.57 bits per heavy atom. The molecule has 3 fully saturated rings. The van der Waals surface area contributed by atoms with E-state index in [-0.39, 0.29) is 60.6 Å². The van der Waals surface area contributed by atoms with E-state index in [1.165, 1.54) is 11.3 Å². The van der Waals surface area contributed by atoms with E-state index < -0.39 is 56.5 Å². The molecule has 3 aliphatic carbocycles. The quantitative estimate of drug-likeness (QED) is 0.269. The predicted octanol–water partition coefficient (Wildman–Crippen LogP) is 3.04. The number of rotatable bonds is 8. The van der Waals surface area contributed by atoms with Gasteiger partial charge in [0.1, 0.15) is 28.3 Å². The van der Waals surface area contributed by atoms with Crippen LogP contribution in [0, 0.1) is 24.7 Å². The summed E-state index contributed by atoms with van der Waals surface area (Å²) in [5.41, 5.74) is 1.65. The van der Waals surface area contributed by atoms with Crippen LogP contribution in [-0.4, -0.2) is 78.6 Å². The molecule has 3 aromatic rings. The van der Waals surface area contributed by atoms with Gasteiger partial charge in [0.25, 0.3) is 0 Å². The van der Waals surface area contributed by atoms with Crippen molar-refractivity contribution >= 4 is 50.0 Å². The third kappa shape index (κ3) is 8.03. The summed E-state index contributed by atoms with van der Waals surface area (Å²) < 4.78 is 40.1. The molecule has 15 heteroatoms. The number of nitrogens with one attached hydrogen (secondary N) is 1. The second-order valence-electron chi connectivity index (χ2n) is 15.0. The number of hydrogen-bond donors (Lipinski definition) is 1. The summed E-state index contributed by atoms with van der Waals surface area (Å²) in [4.78, 5) is 53.4. The minimum atomic E-state index is -3.85. The number of amides is 3. The van der Waals surface area contributed by atoms with Crippen molar-refractivity contribution in [2.24, 2.45) is 17.8 Å². The molecule has 3 saturated carbocycles. The zero-order chi connectivity index (χ0) is 36.9. The molecule has 5 atom stereocenters. The van der Waals surface area contributed by atoms with E-state index >= 15 is 0 Å². The monoisotopic (exact) mass is 771 g/mol. The van der Waals surface area contributed by atoms with E-state index in [1.54, 1.807) is 19.1 Å². The molecule has 0 saturated heterocycles. The fourth-order valence-corrected chi connectivity index (χ4v) is 9.76. The van der Waals surface area contributed by atoms with E-state index in [1.807, 2.05) is 42.7 Å². The molecule has 7 rings (SSSR count). The molecule has 3 heterocycles. The number of allylic oxidation sites excluding steroid dienone is 1. The Bertz CT molecular complexity index is 2050. The van der Waals surface area contributed by atoms with E-state index in [4.69, 9.17) is 19.4 Å². The third-order valence-corrected chi connectivity index (χ3v) is 13.6. The average Bonchev–Trinajstić information content (AvgIpc) is 3.98. The topological polar surface area (TPSA) is 159 Å². The van der Waals surface area contributed by atoms with Crippen LogP contribution >= 0.6 is 11.3 Å². The van der Waals surface area contributed by atoms with Crippen LogP contribution in [-0.2, 0) is 24.4 Å². The molecule has 278 valence electrons. The summed E-state index contributed by atoms with van der Waals surface area (Å²) in [5, 5.41) is 7.46. The van der Waals surface area contributed by atoms with Gasteiger partial charge in [-0.05, 0) is 87.8 Å². The fraction of sp³-hybridized carbons (Fsp3) is 0.553. The Morgan fingerprint density at radius 2 is 1.87 bits per heavy atom. The molecular weight excluding hydrogens is 726 g/mol. The van der Waals surface area contributed by atoms with Gasteiger partial charge in [-0.1, -0.05) is 26.0 Å². The number of ether oxygens (including phenoxy) is 2. The van der Waals surface area contributed by atoms with Crippen LogP contribution in [0.4, 0.5) is 0 Å². The first-order chi connectivity index (χ1) is 24.8. The molecule has 53 heavy (non-hydrogen) atoms. The van der Waals surface area contributed by atoms with Gasteiger partial charge < -0.3 is 24.5 Å². The number of hydrogen-bond acceptors (Lipinski definition) is 10. The minimum absolute atomic E-state index is 0. The van der Waals surface area contributed by atoms with Crippen LogP contribution in [0.5, 0.6) is 11.5 Å². The maximum absolute atomic E-state index is 14.2. The summed E-state index contributed by atoms with van der Waals surface area (Å²) >= 11 is 1.51. The normalized spacial score (nSPS) is 26.9. The molecule has 0 radical (unpaired) electrons. The van der Waals surface area contributed by atoms with Gasteiger partial charge in [0.05, 0.1) is 29.5 Å². The van der Waals surface area contributed by atoms with Crippen molar-refractivity contribution in [2.45, 2.75) is 94.9 Å². The molecule has 2 aromatic heterocycles. The van der Waals surface area contributed by atoms with Gasteiger partial charge in [0, 0.05) is 47.8 Å². The summed E-state index contributed by atoms with van der Waals surface area (Å²) in [5.74, 6) is -1.99. The standard InChI is InChI=1S/C38H47N5O7S2.Na/c1-21(2)30-20-51-35(40-30)29-18-32(26-13-14-31(49-5)22(3)33(26)39-29)50-24-16-27-28(17-24)36(45)43(4)15-9-7-6-8-10-23-19-38(23,41-34(27)44)37(46)42-52(47,48)25-11-12-25;/h8,10,13-14,18,20-21,23-25,27-28H,6-7,9,11-12,15-17,19H2,1-5H3,(H2,41,42,44,46);/q;+1/p-1/b10-8-;/t23-,24+,27+,28+,38-;/m0./s1. The van der Waals surface area contributed by atoms with Crippen LogP contribution < -0.4 is 43.8 Å². The average molecular weight is 772 g/mol. The third-order valence-electron chi connectivity index (χ3n) is 10.9. The van der Waals surface area contributed by atoms with Gasteiger partial charge in [-0.2, -0.15) is 0 Å². The van der Waals surface area contributed by atoms with Crippen molar-refractivity contribution in [3.05, 3.63) is 52.3 Å². The molecule has 0 unspecified atom stereocenters. The summed E-state index contributed by atoms with van der Waals surface area (Å²) in [6.45, 7) is 6.67. The summed E-state index contributed by atoms with van der Waals surface area (Å²) in [7, 11) is -0.478. The number of sulfonamides is 1. The maximum atomic E-state index is 14.2. The first-order valence-corrected chi connectivity index (χ1v) is 20.6. The van der Waals surface area contributed by atoms with Crippen molar-refractivity contribution in [1.29, 1.82) is 0 Å². The van der Waals surface area contributed by atoms with E-state index in [0.29, 0.717) is 42.1 Å². The smallest absolute Gasteiger partial charge is 0.640 e. The number of aromatic nitrogens is 2. The van der Waals surface area contributed by atoms with E-state index in [9.17, 15) is 22.8 Å². The Hall–Kier alpha value is -3.04. The molecule has 3 amide bonds. The number of carbonyl (C=O) groups excluding carboxylic acids is 3. The van der Waals surface area contributed by atoms with Crippen molar-refractivity contribution in [2.75, 3.05) is 20.7 Å². The van der Waals surface area contributed by atoms with Gasteiger partial charge in [0.2, 0.25) is 21.8 Å². The van der Waals surface area contributed by atoms with Gasteiger partial charge >= 0.3 is 29.6 Å². The molecule has 1 aromatic carbocycles. The van der Waals surface area contributed by atoms with Crippen molar-refractivity contribution in [3.8, 4) is 22.2 Å². The molecular formula is C38H46N5NaO7S2. The van der Waals surface area contributed by atoms with Crippen LogP contribution in [0.15, 0.2) is 35.7 Å². The van der Waals surface area contributed by atoms with E-state index in [0.717, 1.165) is 40.9 Å². The second kappa shape index (κ2) is 15.6. The number of thiazole rings is 1. The maximum Gasteiger partial charge on any atom is 1.00 e. The first kappa shape index (κ1) is 39.6. The molecule has 0 spiro atoms. The van der Waals surface area contributed by atoms with Gasteiger partial charge in [-0.15, -0.1) is 11.3 Å². The molecule has 1 aliphatic heterocycles. The van der Waals surface area contributed by atoms with Crippen molar-refractivity contribution in [1.82, 2.24) is 19.6 Å². The predicted molar refractivity (Wildman–Crippen MR) is 199 cm³/mol. The van der Waals surface area contributed by atoms with Crippen LogP contribution in [0.1, 0.15) is 82.4 Å². The van der Waals surface area contributed by atoms with E-state index in [2.05, 4.69) is 23.9 Å². The number of methoxy groups -OCH3 is 1. The largest absolute Gasteiger partial charge is 1.00 e. The van der Waals surface area contributed by atoms with Gasteiger partial charge in [-0.25, -0.2) is 18.4 Å². The van der Waals surface area contributed by atoms with Gasteiger partial charge in [-0.3, -0.25) is 14.3 Å². The number of nitrogens with zero attached hydrogens (tertiary/aromatic N) is 4. The zero-order valence-electron chi connectivity index (χ0n) is 31.3. The second-order valence-corrected chi connectivity index (χ2v) is 17.8. The summed E-state index contributed by atoms with van der Waals surface area (Å²) in [6, 6.07) is 5.64. The molecule has 12 nitrogen and oxygen atoms in total. The Kier molecular flexibility index (Phi) is 11.7. The summed E-state index contributed by atoms with van der Waals surface area (Å²) in [6.07, 6.45) is 7.38. The van der Waals surface area contributed by atoms with Crippen molar-refractivity contribution in [3.63, 3.8) is 0 Å². The SMILES string of the molecule is COc1ccc2c(O[C@@H]3C[C@H]4C(=O)[N-][C@@]5(C(=O)NS(=O)(=O)C6CC6)C[C@@H]5/C=C\CCCCN(C)C(=O)[C@@H]4C3)cc(-c3nc(C(C)C)cs3)nc2c1C.[Na+]. The molecule has 4 aliphatic rings. The fourth-order valence-electron chi connectivity index (χ4n) is 7.46. The Balaban J connectivity index is 0.00000481. The van der Waals surface area contributed by atoms with Gasteiger partial charge in [0.15, 0.2) is 0 Å². The minimum Gasteiger partial charge on any atom is -0.640 e. The molecule has 0 bridgehead atoms. The molecule has 1 N–H and O–H groups in total. The number of benzene rings is 1. The number of pyridine rings is 1. The van der Waals surface area contributed by atoms with Crippen molar-refractivity contribution < 1.29 is 61.8 Å². The number of carbonyl (C=O) groups is 3.